The molecule has 1 atom stereocenters. The Balaban J connectivity index is 4.03. The van der Waals surface area contributed by atoms with E-state index in [-0.39, 0.29) is 5.54 Å². The Labute approximate surface area is 96.0 Å². The highest BCUT2D eigenvalue weighted by Gasteiger charge is 2.25. The smallest absolute Gasteiger partial charge is 0.0130 e. The van der Waals surface area contributed by atoms with Gasteiger partial charge in [0.15, 0.2) is 0 Å². The van der Waals surface area contributed by atoms with Crippen molar-refractivity contribution in [2.75, 3.05) is 13.1 Å². The third-order valence-electron chi connectivity index (χ3n) is 2.75. The summed E-state index contributed by atoms with van der Waals surface area (Å²) < 4.78 is 0. The standard InChI is InChI=1S/C13H30N2/c1-7-11(8-14)9-15-13(5,6)10-12(2,3)4/h11,15H,7-10,14H2,1-6H3. The zero-order chi connectivity index (χ0) is 12.1. The zero-order valence-electron chi connectivity index (χ0n) is 11.5. The topological polar surface area (TPSA) is 38.0 Å². The molecule has 0 aromatic carbocycles. The second kappa shape index (κ2) is 5.86. The summed E-state index contributed by atoms with van der Waals surface area (Å²) in [5.41, 5.74) is 6.28. The molecule has 0 bridgehead atoms. The van der Waals surface area contributed by atoms with Crippen molar-refractivity contribution < 1.29 is 0 Å². The van der Waals surface area contributed by atoms with Crippen LogP contribution >= 0.6 is 0 Å². The van der Waals surface area contributed by atoms with E-state index >= 15 is 0 Å². The Hall–Kier alpha value is -0.0800. The summed E-state index contributed by atoms with van der Waals surface area (Å²) in [4.78, 5) is 0. The lowest BCUT2D eigenvalue weighted by Gasteiger charge is -2.34. The zero-order valence-corrected chi connectivity index (χ0v) is 11.5. The fraction of sp³-hybridized carbons (Fsp3) is 1.00. The van der Waals surface area contributed by atoms with Crippen LogP contribution in [0.5, 0.6) is 0 Å². The summed E-state index contributed by atoms with van der Waals surface area (Å²) in [5.74, 6) is 0.615. The molecule has 1 unspecified atom stereocenters. The van der Waals surface area contributed by atoms with E-state index < -0.39 is 0 Å². The molecule has 0 aliphatic carbocycles. The summed E-state index contributed by atoms with van der Waals surface area (Å²) >= 11 is 0. The maximum Gasteiger partial charge on any atom is 0.0130 e. The fourth-order valence-electron chi connectivity index (χ4n) is 2.20. The lowest BCUT2D eigenvalue weighted by molar-refractivity contribution is 0.232. The predicted molar refractivity (Wildman–Crippen MR) is 69.0 cm³/mol. The molecule has 0 rings (SSSR count). The number of nitrogens with two attached hydrogens (primary N) is 1. The number of hydrogen-bond donors (Lipinski definition) is 2. The van der Waals surface area contributed by atoms with Gasteiger partial charge in [0.2, 0.25) is 0 Å². The molecule has 0 heterocycles. The van der Waals surface area contributed by atoms with E-state index in [9.17, 15) is 0 Å². The van der Waals surface area contributed by atoms with Gasteiger partial charge in [-0.05, 0) is 44.7 Å². The molecule has 0 aliphatic heterocycles. The second-order valence-electron chi connectivity index (χ2n) is 6.51. The van der Waals surface area contributed by atoms with Gasteiger partial charge in [-0.25, -0.2) is 0 Å². The van der Waals surface area contributed by atoms with Gasteiger partial charge < -0.3 is 11.1 Å². The third kappa shape index (κ3) is 7.80. The van der Waals surface area contributed by atoms with Crippen LogP contribution in [0.3, 0.4) is 0 Å². The van der Waals surface area contributed by atoms with Crippen molar-refractivity contribution in [1.29, 1.82) is 0 Å². The van der Waals surface area contributed by atoms with Crippen molar-refractivity contribution in [2.24, 2.45) is 17.1 Å². The van der Waals surface area contributed by atoms with Crippen LogP contribution in [-0.2, 0) is 0 Å². The molecule has 0 fully saturated rings. The van der Waals surface area contributed by atoms with E-state index in [4.69, 9.17) is 5.73 Å². The maximum atomic E-state index is 5.70. The molecule has 2 nitrogen and oxygen atoms in total. The highest BCUT2D eigenvalue weighted by atomic mass is 15.0. The van der Waals surface area contributed by atoms with Gasteiger partial charge in [-0.3, -0.25) is 0 Å². The van der Waals surface area contributed by atoms with Crippen LogP contribution in [-0.4, -0.2) is 18.6 Å². The lowest BCUT2D eigenvalue weighted by Crippen LogP contribution is -2.45. The summed E-state index contributed by atoms with van der Waals surface area (Å²) in [5, 5.41) is 3.64. The minimum atomic E-state index is 0.209. The first-order chi connectivity index (χ1) is 6.70. The van der Waals surface area contributed by atoms with Gasteiger partial charge in [0.05, 0.1) is 0 Å². The first-order valence-corrected chi connectivity index (χ1v) is 6.15. The summed E-state index contributed by atoms with van der Waals surface area (Å²) in [6.45, 7) is 15.5. The maximum absolute atomic E-state index is 5.70. The molecule has 0 spiro atoms. The number of nitrogens with one attached hydrogen (secondary N) is 1. The second-order valence-corrected chi connectivity index (χ2v) is 6.51. The van der Waals surface area contributed by atoms with Gasteiger partial charge in [-0.1, -0.05) is 34.1 Å². The van der Waals surface area contributed by atoms with Gasteiger partial charge >= 0.3 is 0 Å². The molecule has 15 heavy (non-hydrogen) atoms. The first-order valence-electron chi connectivity index (χ1n) is 6.15. The normalized spacial score (nSPS) is 15.4. The van der Waals surface area contributed by atoms with E-state index in [2.05, 4.69) is 46.9 Å². The molecular formula is C13H30N2. The van der Waals surface area contributed by atoms with Crippen LogP contribution in [0.4, 0.5) is 0 Å². The quantitative estimate of drug-likeness (QED) is 0.713. The van der Waals surface area contributed by atoms with E-state index in [1.165, 1.54) is 6.42 Å². The first kappa shape index (κ1) is 14.9. The lowest BCUT2D eigenvalue weighted by atomic mass is 9.81. The van der Waals surface area contributed by atoms with Crippen LogP contribution < -0.4 is 11.1 Å². The van der Waals surface area contributed by atoms with Crippen LogP contribution in [0.25, 0.3) is 0 Å². The van der Waals surface area contributed by atoms with Crippen molar-refractivity contribution in [3.05, 3.63) is 0 Å². The predicted octanol–water partition coefficient (Wildman–Crippen LogP) is 2.78. The van der Waals surface area contributed by atoms with Crippen molar-refractivity contribution in [3.63, 3.8) is 0 Å². The SMILES string of the molecule is CCC(CN)CNC(C)(C)CC(C)(C)C. The Kier molecular flexibility index (Phi) is 5.82. The molecule has 0 aromatic rings. The molecule has 0 radical (unpaired) electrons. The van der Waals surface area contributed by atoms with E-state index in [1.807, 2.05) is 0 Å². The molecule has 92 valence electrons. The fourth-order valence-corrected chi connectivity index (χ4v) is 2.20. The van der Waals surface area contributed by atoms with Crippen LogP contribution in [0, 0.1) is 11.3 Å². The highest BCUT2D eigenvalue weighted by Crippen LogP contribution is 2.26. The van der Waals surface area contributed by atoms with Crippen LogP contribution in [0.2, 0.25) is 0 Å². The Morgan fingerprint density at radius 2 is 1.67 bits per heavy atom. The van der Waals surface area contributed by atoms with E-state index in [1.54, 1.807) is 0 Å². The van der Waals surface area contributed by atoms with Gasteiger partial charge in [0.25, 0.3) is 0 Å². The molecule has 2 heteroatoms. The average molecular weight is 214 g/mol. The van der Waals surface area contributed by atoms with E-state index in [0.29, 0.717) is 11.3 Å². The van der Waals surface area contributed by atoms with Crippen molar-refractivity contribution in [1.82, 2.24) is 5.32 Å². The molecule has 0 aliphatic rings. The Bertz CT molecular complexity index is 164. The summed E-state index contributed by atoms with van der Waals surface area (Å²) in [6.07, 6.45) is 2.34. The minimum Gasteiger partial charge on any atom is -0.330 e. The minimum absolute atomic E-state index is 0.209. The van der Waals surface area contributed by atoms with Gasteiger partial charge in [-0.15, -0.1) is 0 Å². The van der Waals surface area contributed by atoms with Crippen LogP contribution in [0.15, 0.2) is 0 Å². The van der Waals surface area contributed by atoms with Crippen molar-refractivity contribution in [2.45, 2.75) is 59.9 Å². The van der Waals surface area contributed by atoms with Crippen molar-refractivity contribution in [3.8, 4) is 0 Å². The van der Waals surface area contributed by atoms with Gasteiger partial charge in [0, 0.05) is 5.54 Å². The summed E-state index contributed by atoms with van der Waals surface area (Å²) in [6, 6.07) is 0. The van der Waals surface area contributed by atoms with Gasteiger partial charge in [-0.2, -0.15) is 0 Å². The highest BCUT2D eigenvalue weighted by molar-refractivity contribution is 4.84. The molecule has 0 aromatic heterocycles. The molecule has 0 saturated heterocycles. The molecular weight excluding hydrogens is 184 g/mol. The molecule has 3 N–H and O–H groups in total. The number of hydrogen-bond acceptors (Lipinski definition) is 2. The monoisotopic (exact) mass is 214 g/mol. The van der Waals surface area contributed by atoms with Gasteiger partial charge in [0.1, 0.15) is 0 Å². The third-order valence-corrected chi connectivity index (χ3v) is 2.75. The summed E-state index contributed by atoms with van der Waals surface area (Å²) in [7, 11) is 0. The van der Waals surface area contributed by atoms with Crippen molar-refractivity contribution >= 4 is 0 Å². The van der Waals surface area contributed by atoms with E-state index in [0.717, 1.165) is 19.5 Å². The van der Waals surface area contributed by atoms with Crippen LogP contribution in [0.1, 0.15) is 54.4 Å². The Morgan fingerprint density at radius 1 is 1.13 bits per heavy atom. The number of rotatable bonds is 6. The molecule has 0 amide bonds. The average Bonchev–Trinajstić information content (AvgIpc) is 2.01. The Morgan fingerprint density at radius 3 is 2.00 bits per heavy atom. The molecule has 0 saturated carbocycles. The largest absolute Gasteiger partial charge is 0.330 e.